The van der Waals surface area contributed by atoms with Crippen LogP contribution in [0.3, 0.4) is 0 Å². The molecule has 0 saturated heterocycles. The summed E-state index contributed by atoms with van der Waals surface area (Å²) in [4.78, 5) is 35.5. The van der Waals surface area contributed by atoms with E-state index in [0.29, 0.717) is 16.8 Å². The highest BCUT2D eigenvalue weighted by Gasteiger charge is 2.15. The number of nitrogens with zero attached hydrogens (tertiary/aromatic N) is 1. The molecule has 0 spiro atoms. The maximum atomic E-state index is 13.2. The van der Waals surface area contributed by atoms with E-state index in [2.05, 4.69) is 10.6 Å². The van der Waals surface area contributed by atoms with E-state index >= 15 is 0 Å². The van der Waals surface area contributed by atoms with Gasteiger partial charge in [-0.05, 0) is 48.0 Å². The van der Waals surface area contributed by atoms with E-state index in [9.17, 15) is 24.1 Å². The van der Waals surface area contributed by atoms with Gasteiger partial charge in [-0.3, -0.25) is 19.7 Å². The number of hydrogen-bond donors (Lipinski definition) is 2. The second-order valence-electron chi connectivity index (χ2n) is 6.19. The molecule has 2 amide bonds. The van der Waals surface area contributed by atoms with Crippen LogP contribution in [0.25, 0.3) is 6.08 Å². The number of nitrogens with one attached hydrogen (secondary N) is 2. The van der Waals surface area contributed by atoms with Gasteiger partial charge in [0.1, 0.15) is 11.5 Å². The summed E-state index contributed by atoms with van der Waals surface area (Å²) in [5.41, 5.74) is 0.968. The Balaban J connectivity index is 1.85. The Labute approximate surface area is 171 Å². The van der Waals surface area contributed by atoms with Gasteiger partial charge in [-0.1, -0.05) is 30.3 Å². The normalized spacial score (nSPS) is 10.9. The molecule has 0 saturated carbocycles. The minimum Gasteiger partial charge on any atom is -0.321 e. The fraction of sp³-hybridized carbons (Fsp3) is 0. The molecule has 3 rings (SSSR count). The van der Waals surface area contributed by atoms with Crippen LogP contribution in [0, 0.1) is 15.9 Å². The van der Waals surface area contributed by atoms with Crippen molar-refractivity contribution >= 4 is 29.3 Å². The highest BCUT2D eigenvalue weighted by Crippen LogP contribution is 2.17. The van der Waals surface area contributed by atoms with Crippen molar-refractivity contribution < 1.29 is 18.9 Å². The van der Waals surface area contributed by atoms with Gasteiger partial charge in [-0.25, -0.2) is 4.39 Å². The number of halogens is 1. The predicted molar refractivity (Wildman–Crippen MR) is 110 cm³/mol. The second kappa shape index (κ2) is 9.24. The van der Waals surface area contributed by atoms with Crippen LogP contribution in [-0.2, 0) is 4.79 Å². The van der Waals surface area contributed by atoms with E-state index in [-0.39, 0.29) is 11.4 Å². The molecule has 7 nitrogen and oxygen atoms in total. The molecule has 0 aliphatic carbocycles. The van der Waals surface area contributed by atoms with Crippen LogP contribution in [0.4, 0.5) is 15.8 Å². The Morgan fingerprint density at radius 3 is 2.13 bits per heavy atom. The topological polar surface area (TPSA) is 101 Å². The first-order valence-corrected chi connectivity index (χ1v) is 8.82. The Kier molecular flexibility index (Phi) is 6.29. The smallest absolute Gasteiger partial charge is 0.272 e. The van der Waals surface area contributed by atoms with Crippen LogP contribution in [0.15, 0.2) is 84.6 Å². The number of amides is 2. The largest absolute Gasteiger partial charge is 0.321 e. The van der Waals surface area contributed by atoms with Crippen molar-refractivity contribution in [1.29, 1.82) is 0 Å². The molecular weight excluding hydrogens is 389 g/mol. The monoisotopic (exact) mass is 405 g/mol. The van der Waals surface area contributed by atoms with Crippen molar-refractivity contribution in [2.24, 2.45) is 0 Å². The van der Waals surface area contributed by atoms with E-state index < -0.39 is 22.6 Å². The number of rotatable bonds is 6. The van der Waals surface area contributed by atoms with E-state index in [1.807, 2.05) is 0 Å². The minimum absolute atomic E-state index is 0.0752. The minimum atomic E-state index is -0.641. The molecule has 150 valence electrons. The number of nitro groups is 1. The van der Waals surface area contributed by atoms with E-state index in [1.54, 1.807) is 30.3 Å². The average Bonchev–Trinajstić information content (AvgIpc) is 2.75. The van der Waals surface area contributed by atoms with E-state index in [4.69, 9.17) is 0 Å². The zero-order valence-corrected chi connectivity index (χ0v) is 15.5. The maximum Gasteiger partial charge on any atom is 0.272 e. The lowest BCUT2D eigenvalue weighted by Crippen LogP contribution is -2.30. The maximum absolute atomic E-state index is 13.2. The van der Waals surface area contributed by atoms with Crippen molar-refractivity contribution in [3.05, 3.63) is 112 Å². The van der Waals surface area contributed by atoms with Gasteiger partial charge in [0.15, 0.2) is 0 Å². The molecule has 2 N–H and O–H groups in total. The lowest BCUT2D eigenvalue weighted by atomic mass is 10.1. The molecule has 3 aromatic carbocycles. The van der Waals surface area contributed by atoms with Gasteiger partial charge >= 0.3 is 0 Å². The summed E-state index contributed by atoms with van der Waals surface area (Å²) in [6, 6.07) is 19.0. The SMILES string of the molecule is O=C(Nc1ccc([N+](=O)[O-])cc1)/C(=C/c1ccc(F)cc1)NC(=O)c1ccccc1. The molecule has 0 fully saturated rings. The number of non-ortho nitro benzene ring substituents is 1. The number of nitro benzene ring substituents is 1. The molecule has 0 aliphatic rings. The van der Waals surface area contributed by atoms with Crippen molar-refractivity contribution in [2.75, 3.05) is 5.32 Å². The molecule has 0 bridgehead atoms. The number of anilines is 1. The molecule has 3 aromatic rings. The summed E-state index contributed by atoms with van der Waals surface area (Å²) >= 11 is 0. The summed E-state index contributed by atoms with van der Waals surface area (Å²) in [5.74, 6) is -1.57. The molecular formula is C22H16FN3O4. The number of benzene rings is 3. The molecule has 30 heavy (non-hydrogen) atoms. The van der Waals surface area contributed by atoms with Crippen molar-refractivity contribution in [2.45, 2.75) is 0 Å². The first kappa shape index (κ1) is 20.4. The summed E-state index contributed by atoms with van der Waals surface area (Å²) in [6.45, 7) is 0. The third-order valence-electron chi connectivity index (χ3n) is 4.05. The molecule has 0 aliphatic heterocycles. The lowest BCUT2D eigenvalue weighted by Gasteiger charge is -2.11. The Morgan fingerprint density at radius 1 is 0.900 bits per heavy atom. The third kappa shape index (κ3) is 5.35. The predicted octanol–water partition coefficient (Wildman–Crippen LogP) is 4.14. The van der Waals surface area contributed by atoms with E-state index in [0.717, 1.165) is 0 Å². The van der Waals surface area contributed by atoms with Gasteiger partial charge in [0.05, 0.1) is 4.92 Å². The summed E-state index contributed by atoms with van der Waals surface area (Å²) in [6.07, 6.45) is 1.40. The number of carbonyl (C=O) groups is 2. The van der Waals surface area contributed by atoms with Crippen LogP contribution in [0.2, 0.25) is 0 Å². The quantitative estimate of drug-likeness (QED) is 0.365. The van der Waals surface area contributed by atoms with Gasteiger partial charge in [0, 0.05) is 23.4 Å². The Bertz CT molecular complexity index is 1100. The van der Waals surface area contributed by atoms with E-state index in [1.165, 1.54) is 54.6 Å². The molecule has 0 unspecified atom stereocenters. The third-order valence-corrected chi connectivity index (χ3v) is 4.05. The van der Waals surface area contributed by atoms with Crippen molar-refractivity contribution in [3.8, 4) is 0 Å². The summed E-state index contributed by atoms with van der Waals surface area (Å²) < 4.78 is 13.2. The van der Waals surface area contributed by atoms with Gasteiger partial charge < -0.3 is 10.6 Å². The first-order valence-electron chi connectivity index (χ1n) is 8.82. The Hall–Kier alpha value is -4.33. The molecule has 0 aromatic heterocycles. The molecule has 0 atom stereocenters. The number of hydrogen-bond acceptors (Lipinski definition) is 4. The van der Waals surface area contributed by atoms with Crippen LogP contribution in [0.5, 0.6) is 0 Å². The van der Waals surface area contributed by atoms with Crippen LogP contribution in [0.1, 0.15) is 15.9 Å². The fourth-order valence-electron chi connectivity index (χ4n) is 2.53. The summed E-state index contributed by atoms with van der Waals surface area (Å²) in [5, 5.41) is 15.9. The van der Waals surface area contributed by atoms with Crippen LogP contribution in [-0.4, -0.2) is 16.7 Å². The first-order chi connectivity index (χ1) is 14.4. The van der Waals surface area contributed by atoms with Gasteiger partial charge in [0.25, 0.3) is 17.5 Å². The second-order valence-corrected chi connectivity index (χ2v) is 6.19. The molecule has 0 heterocycles. The fourth-order valence-corrected chi connectivity index (χ4v) is 2.53. The highest BCUT2D eigenvalue weighted by molar-refractivity contribution is 6.10. The zero-order valence-electron chi connectivity index (χ0n) is 15.5. The van der Waals surface area contributed by atoms with Gasteiger partial charge in [-0.15, -0.1) is 0 Å². The van der Waals surface area contributed by atoms with Crippen molar-refractivity contribution in [1.82, 2.24) is 5.32 Å². The summed E-state index contributed by atoms with van der Waals surface area (Å²) in [7, 11) is 0. The van der Waals surface area contributed by atoms with Crippen LogP contribution >= 0.6 is 0 Å². The molecule has 0 radical (unpaired) electrons. The number of carbonyl (C=O) groups excluding carboxylic acids is 2. The highest BCUT2D eigenvalue weighted by atomic mass is 19.1. The molecule has 8 heteroatoms. The van der Waals surface area contributed by atoms with Crippen LogP contribution < -0.4 is 10.6 Å². The van der Waals surface area contributed by atoms with Crippen molar-refractivity contribution in [3.63, 3.8) is 0 Å². The van der Waals surface area contributed by atoms with Gasteiger partial charge in [-0.2, -0.15) is 0 Å². The van der Waals surface area contributed by atoms with Gasteiger partial charge in [0.2, 0.25) is 0 Å². The average molecular weight is 405 g/mol. The standard InChI is InChI=1S/C22H16FN3O4/c23-17-8-6-15(7-9-17)14-20(25-21(27)16-4-2-1-3-5-16)22(28)24-18-10-12-19(13-11-18)26(29)30/h1-14H,(H,24,28)(H,25,27)/b20-14-. The zero-order chi connectivity index (χ0) is 21.5. The Morgan fingerprint density at radius 2 is 1.53 bits per heavy atom. The lowest BCUT2D eigenvalue weighted by molar-refractivity contribution is -0.384.